The SMILES string of the molecule is CC(C)(C)OC(=O)NC(CN)Cc1ccccc1C1CC1. The molecule has 1 saturated carbocycles. The molecule has 1 aliphatic carbocycles. The van der Waals surface area contributed by atoms with Crippen molar-refractivity contribution >= 4 is 6.09 Å². The molecule has 0 bridgehead atoms. The molecule has 0 aromatic heterocycles. The second kappa shape index (κ2) is 6.48. The van der Waals surface area contributed by atoms with Crippen LogP contribution in [0.2, 0.25) is 0 Å². The summed E-state index contributed by atoms with van der Waals surface area (Å²) in [6, 6.07) is 8.35. The van der Waals surface area contributed by atoms with E-state index in [0.717, 1.165) is 6.42 Å². The van der Waals surface area contributed by atoms with E-state index in [2.05, 4.69) is 23.5 Å². The number of hydrogen-bond donors (Lipinski definition) is 2. The highest BCUT2D eigenvalue weighted by Crippen LogP contribution is 2.41. The quantitative estimate of drug-likeness (QED) is 0.876. The van der Waals surface area contributed by atoms with Crippen LogP contribution in [-0.4, -0.2) is 24.3 Å². The molecule has 1 fully saturated rings. The van der Waals surface area contributed by atoms with Gasteiger partial charge in [0, 0.05) is 12.6 Å². The van der Waals surface area contributed by atoms with Gasteiger partial charge < -0.3 is 15.8 Å². The molecule has 1 aliphatic rings. The minimum Gasteiger partial charge on any atom is -0.444 e. The monoisotopic (exact) mass is 290 g/mol. The number of amides is 1. The lowest BCUT2D eigenvalue weighted by atomic mass is 9.97. The molecule has 1 amide bonds. The third-order valence-electron chi connectivity index (χ3n) is 3.54. The zero-order valence-corrected chi connectivity index (χ0v) is 13.2. The maximum absolute atomic E-state index is 11.9. The average molecular weight is 290 g/mol. The summed E-state index contributed by atoms with van der Waals surface area (Å²) in [5, 5.41) is 2.87. The summed E-state index contributed by atoms with van der Waals surface area (Å²) in [5.74, 6) is 0.696. The average Bonchev–Trinajstić information content (AvgIpc) is 3.20. The van der Waals surface area contributed by atoms with Crippen LogP contribution >= 0.6 is 0 Å². The van der Waals surface area contributed by atoms with E-state index in [1.807, 2.05) is 26.8 Å². The summed E-state index contributed by atoms with van der Waals surface area (Å²) in [6.07, 6.45) is 2.89. The van der Waals surface area contributed by atoms with Crippen LogP contribution in [0.1, 0.15) is 50.7 Å². The highest BCUT2D eigenvalue weighted by Gasteiger charge is 2.26. The Labute approximate surface area is 127 Å². The second-order valence-corrected chi connectivity index (χ2v) is 6.76. The van der Waals surface area contributed by atoms with E-state index >= 15 is 0 Å². The summed E-state index contributed by atoms with van der Waals surface area (Å²) >= 11 is 0. The number of benzene rings is 1. The Bertz CT molecular complexity index is 490. The van der Waals surface area contributed by atoms with Crippen molar-refractivity contribution in [3.05, 3.63) is 35.4 Å². The summed E-state index contributed by atoms with van der Waals surface area (Å²) in [5.41, 5.74) is 8.00. The number of nitrogens with one attached hydrogen (secondary N) is 1. The first-order valence-corrected chi connectivity index (χ1v) is 7.66. The third-order valence-corrected chi connectivity index (χ3v) is 3.54. The lowest BCUT2D eigenvalue weighted by Crippen LogP contribution is -2.44. The summed E-state index contributed by atoms with van der Waals surface area (Å²) < 4.78 is 5.29. The lowest BCUT2D eigenvalue weighted by molar-refractivity contribution is 0.0506. The molecular formula is C17H26N2O2. The topological polar surface area (TPSA) is 64.3 Å². The molecule has 1 aromatic rings. The predicted octanol–water partition coefficient (Wildman–Crippen LogP) is 2.96. The molecule has 1 atom stereocenters. The fourth-order valence-corrected chi connectivity index (χ4v) is 2.45. The predicted molar refractivity (Wildman–Crippen MR) is 84.3 cm³/mol. The van der Waals surface area contributed by atoms with Gasteiger partial charge in [-0.15, -0.1) is 0 Å². The second-order valence-electron chi connectivity index (χ2n) is 6.76. The first-order chi connectivity index (χ1) is 9.89. The number of rotatable bonds is 5. The van der Waals surface area contributed by atoms with Crippen molar-refractivity contribution in [1.82, 2.24) is 5.32 Å². The first-order valence-electron chi connectivity index (χ1n) is 7.66. The largest absolute Gasteiger partial charge is 0.444 e. The van der Waals surface area contributed by atoms with Crippen LogP contribution in [0, 0.1) is 0 Å². The van der Waals surface area contributed by atoms with Crippen LogP contribution in [-0.2, 0) is 11.2 Å². The summed E-state index contributed by atoms with van der Waals surface area (Å²) in [7, 11) is 0. The Morgan fingerprint density at radius 1 is 1.38 bits per heavy atom. The smallest absolute Gasteiger partial charge is 0.407 e. The number of hydrogen-bond acceptors (Lipinski definition) is 3. The minimum atomic E-state index is -0.491. The molecule has 1 unspecified atom stereocenters. The lowest BCUT2D eigenvalue weighted by Gasteiger charge is -2.23. The molecule has 21 heavy (non-hydrogen) atoms. The number of carbonyl (C=O) groups is 1. The maximum Gasteiger partial charge on any atom is 0.407 e. The molecule has 0 spiro atoms. The highest BCUT2D eigenvalue weighted by molar-refractivity contribution is 5.68. The standard InChI is InChI=1S/C17H26N2O2/c1-17(2,3)21-16(20)19-14(11-18)10-13-6-4-5-7-15(13)12-8-9-12/h4-7,12,14H,8-11,18H2,1-3H3,(H,19,20). The van der Waals surface area contributed by atoms with E-state index in [9.17, 15) is 4.79 Å². The van der Waals surface area contributed by atoms with Gasteiger partial charge >= 0.3 is 6.09 Å². The van der Waals surface area contributed by atoms with Gasteiger partial charge in [0.05, 0.1) is 0 Å². The van der Waals surface area contributed by atoms with Gasteiger partial charge in [-0.1, -0.05) is 24.3 Å². The van der Waals surface area contributed by atoms with Crippen molar-refractivity contribution in [2.24, 2.45) is 5.73 Å². The van der Waals surface area contributed by atoms with E-state index in [0.29, 0.717) is 12.5 Å². The highest BCUT2D eigenvalue weighted by atomic mass is 16.6. The molecule has 0 aliphatic heterocycles. The molecular weight excluding hydrogens is 264 g/mol. The van der Waals surface area contributed by atoms with Gasteiger partial charge in [-0.2, -0.15) is 0 Å². The Kier molecular flexibility index (Phi) is 4.88. The van der Waals surface area contributed by atoms with Crippen molar-refractivity contribution in [3.63, 3.8) is 0 Å². The van der Waals surface area contributed by atoms with Crippen LogP contribution in [0.5, 0.6) is 0 Å². The molecule has 0 heterocycles. The van der Waals surface area contributed by atoms with Crippen LogP contribution in [0.4, 0.5) is 4.79 Å². The number of alkyl carbamates (subject to hydrolysis) is 1. The van der Waals surface area contributed by atoms with Gasteiger partial charge in [-0.3, -0.25) is 0 Å². The van der Waals surface area contributed by atoms with Crippen molar-refractivity contribution in [2.45, 2.75) is 57.6 Å². The van der Waals surface area contributed by atoms with E-state index in [1.54, 1.807) is 0 Å². The number of nitrogens with two attached hydrogens (primary N) is 1. The van der Waals surface area contributed by atoms with Crippen molar-refractivity contribution in [2.75, 3.05) is 6.54 Å². The molecule has 116 valence electrons. The molecule has 2 rings (SSSR count). The number of carbonyl (C=O) groups excluding carboxylic acids is 1. The number of ether oxygens (including phenoxy) is 1. The summed E-state index contributed by atoms with van der Waals surface area (Å²) in [6.45, 7) is 5.96. The molecule has 4 heteroatoms. The van der Waals surface area contributed by atoms with Gasteiger partial charge in [0.2, 0.25) is 0 Å². The Balaban J connectivity index is 1.98. The van der Waals surface area contributed by atoms with Crippen molar-refractivity contribution < 1.29 is 9.53 Å². The molecule has 4 nitrogen and oxygen atoms in total. The molecule has 0 saturated heterocycles. The molecule has 3 N–H and O–H groups in total. The fourth-order valence-electron chi connectivity index (χ4n) is 2.45. The first kappa shape index (κ1) is 15.8. The zero-order valence-electron chi connectivity index (χ0n) is 13.2. The Morgan fingerprint density at radius 2 is 2.05 bits per heavy atom. The van der Waals surface area contributed by atoms with E-state index < -0.39 is 11.7 Å². The van der Waals surface area contributed by atoms with Crippen LogP contribution in [0.15, 0.2) is 24.3 Å². The van der Waals surface area contributed by atoms with Crippen LogP contribution in [0.3, 0.4) is 0 Å². The van der Waals surface area contributed by atoms with E-state index in [-0.39, 0.29) is 6.04 Å². The third kappa shape index (κ3) is 5.05. The van der Waals surface area contributed by atoms with E-state index in [1.165, 1.54) is 24.0 Å². The normalized spacial score (nSPS) is 16.4. The van der Waals surface area contributed by atoms with Gasteiger partial charge in [0.25, 0.3) is 0 Å². The van der Waals surface area contributed by atoms with Gasteiger partial charge in [-0.05, 0) is 57.1 Å². The van der Waals surface area contributed by atoms with Crippen LogP contribution in [0.25, 0.3) is 0 Å². The Morgan fingerprint density at radius 3 is 2.62 bits per heavy atom. The van der Waals surface area contributed by atoms with Gasteiger partial charge in [-0.25, -0.2) is 4.79 Å². The molecule has 1 aromatic carbocycles. The van der Waals surface area contributed by atoms with Crippen LogP contribution < -0.4 is 11.1 Å². The Hall–Kier alpha value is -1.55. The minimum absolute atomic E-state index is 0.0975. The van der Waals surface area contributed by atoms with Crippen molar-refractivity contribution in [1.29, 1.82) is 0 Å². The zero-order chi connectivity index (χ0) is 15.5. The van der Waals surface area contributed by atoms with E-state index in [4.69, 9.17) is 10.5 Å². The summed E-state index contributed by atoms with van der Waals surface area (Å²) in [4.78, 5) is 11.9. The van der Waals surface area contributed by atoms with Gasteiger partial charge in [0.1, 0.15) is 5.60 Å². The maximum atomic E-state index is 11.9. The fraction of sp³-hybridized carbons (Fsp3) is 0.588. The van der Waals surface area contributed by atoms with Gasteiger partial charge in [0.15, 0.2) is 0 Å². The van der Waals surface area contributed by atoms with Crippen molar-refractivity contribution in [3.8, 4) is 0 Å². The molecule has 0 radical (unpaired) electrons.